The maximum Gasteiger partial charge on any atom is 0.309 e. The van der Waals surface area contributed by atoms with Crippen LogP contribution >= 0.6 is 0 Å². The zero-order valence-corrected chi connectivity index (χ0v) is 12.2. The number of carbonyl (C=O) groups is 1. The molecule has 0 amide bonds. The van der Waals surface area contributed by atoms with Gasteiger partial charge in [0.1, 0.15) is 0 Å². The van der Waals surface area contributed by atoms with Crippen molar-refractivity contribution in [1.29, 1.82) is 0 Å². The number of hydrogen-bond donors (Lipinski definition) is 1. The van der Waals surface area contributed by atoms with Crippen molar-refractivity contribution in [1.82, 2.24) is 0 Å². The Morgan fingerprint density at radius 3 is 2.53 bits per heavy atom. The van der Waals surface area contributed by atoms with Crippen molar-refractivity contribution in [2.45, 2.75) is 57.8 Å². The van der Waals surface area contributed by atoms with Crippen molar-refractivity contribution in [3.05, 3.63) is 0 Å². The van der Waals surface area contributed by atoms with E-state index in [4.69, 9.17) is 14.0 Å². The first kappa shape index (κ1) is 16.4. The summed E-state index contributed by atoms with van der Waals surface area (Å²) in [6.07, 6.45) is 3.79. The van der Waals surface area contributed by atoms with Crippen molar-refractivity contribution >= 4 is 16.1 Å². The Hall–Kier alpha value is -0.660. The Morgan fingerprint density at radius 2 is 2.00 bits per heavy atom. The highest BCUT2D eigenvalue weighted by Gasteiger charge is 2.31. The van der Waals surface area contributed by atoms with Crippen molar-refractivity contribution in [3.63, 3.8) is 0 Å². The summed E-state index contributed by atoms with van der Waals surface area (Å²) in [7, 11) is -3.60. The lowest BCUT2D eigenvalue weighted by Crippen LogP contribution is -2.36. The summed E-state index contributed by atoms with van der Waals surface area (Å²) in [6, 6.07) is 0. The lowest BCUT2D eigenvalue weighted by Gasteiger charge is -2.29. The lowest BCUT2D eigenvalue weighted by molar-refractivity contribution is -0.167. The summed E-state index contributed by atoms with van der Waals surface area (Å²) in [5.74, 6) is -1.53. The largest absolute Gasteiger partial charge is 0.481 e. The first-order valence-corrected chi connectivity index (χ1v) is 8.41. The molecule has 7 heteroatoms. The molecule has 19 heavy (non-hydrogen) atoms. The molecule has 0 aromatic carbocycles. The molecule has 1 saturated heterocycles. The molecule has 0 bridgehead atoms. The molecule has 0 radical (unpaired) electrons. The maximum absolute atomic E-state index is 11.2. The standard InChI is InChI=1S/C12H22O6S/c1-3-9(12(13)14)10-7-5-4-6-8-11(17-10)18-19(2,15)16/h9-11H,3-8H2,1-2H3,(H,13,14). The second kappa shape index (κ2) is 7.21. The van der Waals surface area contributed by atoms with E-state index in [1.165, 1.54) is 0 Å². The van der Waals surface area contributed by atoms with Crippen LogP contribution in [0.5, 0.6) is 0 Å². The Morgan fingerprint density at radius 1 is 1.37 bits per heavy atom. The number of hydrogen-bond acceptors (Lipinski definition) is 5. The third kappa shape index (κ3) is 5.88. The summed E-state index contributed by atoms with van der Waals surface area (Å²) in [5.41, 5.74) is 0. The molecular formula is C12H22O6S. The molecule has 1 aliphatic rings. The molecule has 3 atom stereocenters. The highest BCUT2D eigenvalue weighted by Crippen LogP contribution is 2.26. The van der Waals surface area contributed by atoms with Crippen LogP contribution in [0.15, 0.2) is 0 Å². The predicted octanol–water partition coefficient (Wildman–Crippen LogP) is 1.75. The molecular weight excluding hydrogens is 272 g/mol. The predicted molar refractivity (Wildman–Crippen MR) is 69.1 cm³/mol. The van der Waals surface area contributed by atoms with Gasteiger partial charge in [-0.15, -0.1) is 0 Å². The molecule has 1 heterocycles. The van der Waals surface area contributed by atoms with Crippen LogP contribution in [0.2, 0.25) is 0 Å². The van der Waals surface area contributed by atoms with Crippen molar-refractivity contribution in [2.75, 3.05) is 6.26 Å². The molecule has 6 nitrogen and oxygen atoms in total. The molecule has 0 aromatic rings. The molecule has 0 aromatic heterocycles. The molecule has 1 rings (SSSR count). The van der Waals surface area contributed by atoms with Gasteiger partial charge in [-0.2, -0.15) is 8.42 Å². The van der Waals surface area contributed by atoms with Crippen LogP contribution in [-0.4, -0.2) is 38.1 Å². The summed E-state index contributed by atoms with van der Waals surface area (Å²) < 4.78 is 32.8. The van der Waals surface area contributed by atoms with E-state index in [-0.39, 0.29) is 0 Å². The highest BCUT2D eigenvalue weighted by molar-refractivity contribution is 7.86. The number of carboxylic acids is 1. The van der Waals surface area contributed by atoms with E-state index in [0.717, 1.165) is 25.5 Å². The maximum atomic E-state index is 11.2. The molecule has 0 saturated carbocycles. The van der Waals surface area contributed by atoms with Gasteiger partial charge in [0.25, 0.3) is 10.1 Å². The Kier molecular flexibility index (Phi) is 6.22. The van der Waals surface area contributed by atoms with Crippen molar-refractivity contribution in [3.8, 4) is 0 Å². The average molecular weight is 294 g/mol. The SMILES string of the molecule is CCC(C(=O)O)C1CCCCCC(OS(C)(=O)=O)O1. The van der Waals surface area contributed by atoms with Gasteiger partial charge < -0.3 is 9.84 Å². The van der Waals surface area contributed by atoms with Crippen molar-refractivity contribution < 1.29 is 27.2 Å². The van der Waals surface area contributed by atoms with Gasteiger partial charge in [-0.1, -0.05) is 19.8 Å². The fraction of sp³-hybridized carbons (Fsp3) is 0.917. The van der Waals surface area contributed by atoms with Gasteiger partial charge in [0.05, 0.1) is 18.3 Å². The Bertz CT molecular complexity index is 391. The molecule has 112 valence electrons. The number of rotatable bonds is 5. The van der Waals surface area contributed by atoms with Gasteiger partial charge in [0.15, 0.2) is 6.29 Å². The molecule has 1 aliphatic heterocycles. The van der Waals surface area contributed by atoms with E-state index in [9.17, 15) is 13.2 Å². The quantitative estimate of drug-likeness (QED) is 0.777. The third-order valence-electron chi connectivity index (χ3n) is 3.24. The molecule has 0 spiro atoms. The van der Waals surface area contributed by atoms with Gasteiger partial charge in [-0.05, 0) is 25.7 Å². The second-order valence-electron chi connectivity index (χ2n) is 4.90. The van der Waals surface area contributed by atoms with Crippen LogP contribution in [0.25, 0.3) is 0 Å². The minimum Gasteiger partial charge on any atom is -0.481 e. The number of ether oxygens (including phenoxy) is 1. The smallest absolute Gasteiger partial charge is 0.309 e. The van der Waals surface area contributed by atoms with Crippen LogP contribution in [-0.2, 0) is 23.8 Å². The second-order valence-corrected chi connectivity index (χ2v) is 6.50. The van der Waals surface area contributed by atoms with Gasteiger partial charge in [0.2, 0.25) is 0 Å². The Labute approximate surface area is 114 Å². The van der Waals surface area contributed by atoms with Crippen LogP contribution in [0, 0.1) is 5.92 Å². The zero-order chi connectivity index (χ0) is 14.5. The van der Waals surface area contributed by atoms with Gasteiger partial charge >= 0.3 is 5.97 Å². The van der Waals surface area contributed by atoms with Crippen molar-refractivity contribution in [2.24, 2.45) is 5.92 Å². The summed E-state index contributed by atoms with van der Waals surface area (Å²) in [6.45, 7) is 1.79. The number of carboxylic acid groups (broad SMARTS) is 1. The van der Waals surface area contributed by atoms with Gasteiger partial charge in [-0.3, -0.25) is 4.79 Å². The van der Waals surface area contributed by atoms with Gasteiger partial charge in [-0.25, -0.2) is 4.18 Å². The Balaban J connectivity index is 2.76. The third-order valence-corrected chi connectivity index (χ3v) is 3.81. The first-order chi connectivity index (χ1) is 8.83. The fourth-order valence-electron chi connectivity index (χ4n) is 2.32. The summed E-state index contributed by atoms with van der Waals surface area (Å²) in [4.78, 5) is 11.2. The molecule has 0 aliphatic carbocycles. The minimum absolute atomic E-state index is 0.450. The fourth-order valence-corrected chi connectivity index (χ4v) is 2.85. The highest BCUT2D eigenvalue weighted by atomic mass is 32.2. The van der Waals surface area contributed by atoms with E-state index in [1.54, 1.807) is 6.92 Å². The monoisotopic (exact) mass is 294 g/mol. The normalized spacial score (nSPS) is 27.3. The zero-order valence-electron chi connectivity index (χ0n) is 11.4. The van der Waals surface area contributed by atoms with Crippen LogP contribution in [0.3, 0.4) is 0 Å². The van der Waals surface area contributed by atoms with E-state index in [2.05, 4.69) is 0 Å². The van der Waals surface area contributed by atoms with Gasteiger partial charge in [0, 0.05) is 0 Å². The number of aliphatic carboxylic acids is 1. The summed E-state index contributed by atoms with van der Waals surface area (Å²) >= 11 is 0. The van der Waals surface area contributed by atoms with Crippen LogP contribution in [0.1, 0.15) is 45.4 Å². The average Bonchev–Trinajstić information content (AvgIpc) is 2.22. The van der Waals surface area contributed by atoms with Crippen LogP contribution < -0.4 is 0 Å². The lowest BCUT2D eigenvalue weighted by atomic mass is 9.93. The molecule has 3 unspecified atom stereocenters. The van der Waals surface area contributed by atoms with E-state index < -0.39 is 34.4 Å². The van der Waals surface area contributed by atoms with E-state index in [0.29, 0.717) is 19.3 Å². The first-order valence-electron chi connectivity index (χ1n) is 6.60. The summed E-state index contributed by atoms with van der Waals surface area (Å²) in [5, 5.41) is 9.17. The molecule has 1 N–H and O–H groups in total. The van der Waals surface area contributed by atoms with E-state index in [1.807, 2.05) is 0 Å². The minimum atomic E-state index is -3.60. The van der Waals surface area contributed by atoms with Crippen LogP contribution in [0.4, 0.5) is 0 Å². The topological polar surface area (TPSA) is 89.9 Å². The van der Waals surface area contributed by atoms with E-state index >= 15 is 0 Å². The molecule has 1 fully saturated rings.